The molecule has 3 aromatic rings. The van der Waals surface area contributed by atoms with Gasteiger partial charge in [0.1, 0.15) is 12.0 Å². The number of carbonyl (C=O) groups excluding carboxylic acids is 1. The molecule has 3 atom stereocenters. The largest absolute Gasteiger partial charge is 0.481 e. The number of aryl methyl sites for hydroxylation is 1. The van der Waals surface area contributed by atoms with Crippen molar-refractivity contribution in [3.63, 3.8) is 0 Å². The number of halogens is 2. The van der Waals surface area contributed by atoms with Gasteiger partial charge >= 0.3 is 0 Å². The van der Waals surface area contributed by atoms with Crippen molar-refractivity contribution in [3.8, 4) is 5.88 Å². The molecule has 0 saturated carbocycles. The Morgan fingerprint density at radius 3 is 2.74 bits per heavy atom. The summed E-state index contributed by atoms with van der Waals surface area (Å²) in [7, 11) is 1.52. The van der Waals surface area contributed by atoms with E-state index in [0.29, 0.717) is 22.8 Å². The average molecular weight is 428 g/mol. The van der Waals surface area contributed by atoms with Gasteiger partial charge in [-0.1, -0.05) is 0 Å². The van der Waals surface area contributed by atoms with E-state index in [1.807, 2.05) is 11.8 Å². The lowest BCUT2D eigenvalue weighted by atomic mass is 9.86. The molecule has 2 bridgehead atoms. The van der Waals surface area contributed by atoms with Crippen molar-refractivity contribution in [1.29, 1.82) is 0 Å². The molecule has 0 aliphatic carbocycles. The molecule has 5 rings (SSSR count). The normalized spacial score (nSPS) is 23.0. The van der Waals surface area contributed by atoms with E-state index in [0.717, 1.165) is 25.7 Å². The van der Waals surface area contributed by atoms with Gasteiger partial charge in [-0.15, -0.1) is 0 Å². The minimum absolute atomic E-state index is 0.0843. The van der Waals surface area contributed by atoms with Gasteiger partial charge in [0.2, 0.25) is 5.88 Å². The molecule has 10 heteroatoms. The number of piperidine rings is 1. The first-order chi connectivity index (χ1) is 15.0. The van der Waals surface area contributed by atoms with E-state index in [-0.39, 0.29) is 35.4 Å². The molecule has 2 fully saturated rings. The van der Waals surface area contributed by atoms with Crippen molar-refractivity contribution in [3.05, 3.63) is 47.2 Å². The smallest absolute Gasteiger partial charge is 0.280 e. The molecular formula is C21H22F2N6O2. The van der Waals surface area contributed by atoms with Crippen molar-refractivity contribution < 1.29 is 18.3 Å². The summed E-state index contributed by atoms with van der Waals surface area (Å²) >= 11 is 0. The van der Waals surface area contributed by atoms with E-state index in [9.17, 15) is 13.6 Å². The average Bonchev–Trinajstić information content (AvgIpc) is 3.35. The topological polar surface area (TPSA) is 85.5 Å². The molecule has 0 N–H and O–H groups in total. The minimum atomic E-state index is -2.70. The van der Waals surface area contributed by atoms with Crippen molar-refractivity contribution in [2.45, 2.75) is 57.0 Å². The van der Waals surface area contributed by atoms with E-state index < -0.39 is 6.43 Å². The minimum Gasteiger partial charge on any atom is -0.481 e. The van der Waals surface area contributed by atoms with Gasteiger partial charge in [0, 0.05) is 35.3 Å². The highest BCUT2D eigenvalue weighted by molar-refractivity contribution is 5.95. The summed E-state index contributed by atoms with van der Waals surface area (Å²) in [4.78, 5) is 27.6. The van der Waals surface area contributed by atoms with Crippen LogP contribution in [0.5, 0.6) is 5.88 Å². The van der Waals surface area contributed by atoms with E-state index >= 15 is 0 Å². The third-order valence-corrected chi connectivity index (χ3v) is 6.34. The third kappa shape index (κ3) is 3.30. The second kappa shape index (κ2) is 7.51. The van der Waals surface area contributed by atoms with Gasteiger partial charge < -0.3 is 9.64 Å². The summed E-state index contributed by atoms with van der Waals surface area (Å²) in [6.07, 6.45) is 1.91. The van der Waals surface area contributed by atoms with Crippen LogP contribution in [0.25, 0.3) is 5.78 Å². The molecular weight excluding hydrogens is 406 g/mol. The number of nitrogens with zero attached hydrogens (tertiary/aromatic N) is 6. The van der Waals surface area contributed by atoms with Gasteiger partial charge in [0.05, 0.1) is 12.8 Å². The van der Waals surface area contributed by atoms with Crippen molar-refractivity contribution in [2.75, 3.05) is 7.11 Å². The van der Waals surface area contributed by atoms with Crippen LogP contribution in [0.15, 0.2) is 24.5 Å². The summed E-state index contributed by atoms with van der Waals surface area (Å²) in [6, 6.07) is 4.85. The zero-order valence-electron chi connectivity index (χ0n) is 17.2. The lowest BCUT2D eigenvalue weighted by molar-refractivity contribution is 0.0553. The second-order valence-corrected chi connectivity index (χ2v) is 8.11. The van der Waals surface area contributed by atoms with Crippen LogP contribution in [0, 0.1) is 6.92 Å². The Labute approximate surface area is 177 Å². The predicted molar refractivity (Wildman–Crippen MR) is 106 cm³/mol. The summed E-state index contributed by atoms with van der Waals surface area (Å²) in [5, 5.41) is 4.21. The molecule has 3 aromatic heterocycles. The quantitative estimate of drug-likeness (QED) is 0.634. The predicted octanol–water partition coefficient (Wildman–Crippen LogP) is 3.32. The number of methoxy groups -OCH3 is 1. The lowest BCUT2D eigenvalue weighted by Gasteiger charge is -2.40. The Hall–Kier alpha value is -3.17. The highest BCUT2D eigenvalue weighted by Gasteiger charge is 2.46. The summed E-state index contributed by atoms with van der Waals surface area (Å²) in [5.41, 5.74) is 1.53. The molecule has 0 unspecified atom stereocenters. The summed E-state index contributed by atoms with van der Waals surface area (Å²) in [5.74, 6) is 0.334. The van der Waals surface area contributed by atoms with Gasteiger partial charge in [-0.25, -0.2) is 23.3 Å². The van der Waals surface area contributed by atoms with E-state index in [1.54, 1.807) is 12.1 Å². The number of ether oxygens (including phenoxy) is 1. The zero-order valence-corrected chi connectivity index (χ0v) is 17.2. The Balaban J connectivity index is 1.54. The molecule has 2 aliphatic rings. The first kappa shape index (κ1) is 19.8. The van der Waals surface area contributed by atoms with Crippen LogP contribution in [0.2, 0.25) is 0 Å². The van der Waals surface area contributed by atoms with Crippen LogP contribution in [-0.4, -0.2) is 54.6 Å². The van der Waals surface area contributed by atoms with E-state index in [1.165, 1.54) is 24.0 Å². The molecule has 162 valence electrons. The molecule has 31 heavy (non-hydrogen) atoms. The van der Waals surface area contributed by atoms with Gasteiger partial charge in [0.15, 0.2) is 0 Å². The number of hydrogen-bond acceptors (Lipinski definition) is 6. The van der Waals surface area contributed by atoms with Crippen LogP contribution < -0.4 is 4.74 Å². The number of hydrogen-bond donors (Lipinski definition) is 0. The summed E-state index contributed by atoms with van der Waals surface area (Å²) < 4.78 is 33.7. The van der Waals surface area contributed by atoms with Crippen LogP contribution in [0.1, 0.15) is 65.5 Å². The van der Waals surface area contributed by atoms with Crippen molar-refractivity contribution >= 4 is 11.7 Å². The Kier molecular flexibility index (Phi) is 4.79. The number of rotatable bonds is 4. The second-order valence-electron chi connectivity index (χ2n) is 8.11. The maximum absolute atomic E-state index is 13.5. The van der Waals surface area contributed by atoms with Crippen LogP contribution in [0.4, 0.5) is 8.78 Å². The fourth-order valence-corrected chi connectivity index (χ4v) is 5.06. The van der Waals surface area contributed by atoms with E-state index in [4.69, 9.17) is 4.74 Å². The fraction of sp³-hybridized carbons (Fsp3) is 0.476. The SMILES string of the molecule is COc1cc(C(=O)N2[C@H]3CC[C@H](c4cc(C(F)F)nc5ncnn45)[C@@H]2CC3)cc(C)n1. The number of pyridine rings is 1. The lowest BCUT2D eigenvalue weighted by Crippen LogP contribution is -2.47. The van der Waals surface area contributed by atoms with Gasteiger partial charge in [-0.05, 0) is 44.7 Å². The zero-order chi connectivity index (χ0) is 21.7. The van der Waals surface area contributed by atoms with Gasteiger partial charge in [0.25, 0.3) is 18.1 Å². The third-order valence-electron chi connectivity index (χ3n) is 6.34. The highest BCUT2D eigenvalue weighted by atomic mass is 19.3. The van der Waals surface area contributed by atoms with Gasteiger partial charge in [-0.3, -0.25) is 4.79 Å². The molecule has 8 nitrogen and oxygen atoms in total. The number of alkyl halides is 2. The summed E-state index contributed by atoms with van der Waals surface area (Å²) in [6.45, 7) is 1.82. The highest BCUT2D eigenvalue weighted by Crippen LogP contribution is 2.45. The standard InChI is InChI=1S/C21H22F2N6O2/c1-11-7-12(8-18(26-11)31-2)20(30)28-13-3-5-14(16(28)6-4-13)17-9-15(19(22)23)27-21-24-10-25-29(17)21/h7-10,13-14,16,19H,3-6H2,1-2H3/t13-,14-,16-/m0/s1. The fourth-order valence-electron chi connectivity index (χ4n) is 5.06. The molecule has 2 aliphatic heterocycles. The van der Waals surface area contributed by atoms with Crippen LogP contribution in [-0.2, 0) is 0 Å². The maximum atomic E-state index is 13.5. The number of fused-ring (bicyclic) bond motifs is 3. The maximum Gasteiger partial charge on any atom is 0.280 e. The van der Waals surface area contributed by atoms with E-state index in [2.05, 4.69) is 20.1 Å². The van der Waals surface area contributed by atoms with Crippen molar-refractivity contribution in [2.24, 2.45) is 0 Å². The molecule has 0 radical (unpaired) electrons. The first-order valence-corrected chi connectivity index (χ1v) is 10.3. The van der Waals surface area contributed by atoms with Crippen LogP contribution >= 0.6 is 0 Å². The number of carbonyl (C=O) groups is 1. The molecule has 0 spiro atoms. The van der Waals surface area contributed by atoms with Crippen molar-refractivity contribution in [1.82, 2.24) is 29.5 Å². The molecule has 2 saturated heterocycles. The monoisotopic (exact) mass is 428 g/mol. The first-order valence-electron chi connectivity index (χ1n) is 10.3. The Bertz CT molecular complexity index is 1150. The van der Waals surface area contributed by atoms with Crippen LogP contribution in [0.3, 0.4) is 0 Å². The molecule has 5 heterocycles. The Morgan fingerprint density at radius 2 is 1.97 bits per heavy atom. The number of amides is 1. The molecule has 1 amide bonds. The number of aromatic nitrogens is 5. The Morgan fingerprint density at radius 1 is 1.16 bits per heavy atom. The van der Waals surface area contributed by atoms with Gasteiger partial charge in [-0.2, -0.15) is 10.1 Å². The molecule has 0 aromatic carbocycles.